The second-order valence-corrected chi connectivity index (χ2v) is 4.10. The van der Waals surface area contributed by atoms with Crippen molar-refractivity contribution in [1.29, 1.82) is 0 Å². The molecule has 0 unspecified atom stereocenters. The maximum atomic E-state index is 11.6. The van der Waals surface area contributed by atoms with Gasteiger partial charge >= 0.3 is 5.69 Å². The van der Waals surface area contributed by atoms with Crippen molar-refractivity contribution in [2.75, 3.05) is 6.61 Å². The third kappa shape index (κ3) is 2.09. The molecule has 17 heavy (non-hydrogen) atoms. The summed E-state index contributed by atoms with van der Waals surface area (Å²) >= 11 is 0. The van der Waals surface area contributed by atoms with E-state index in [4.69, 9.17) is 9.84 Å². The van der Waals surface area contributed by atoms with E-state index in [1.165, 1.54) is 10.8 Å². The molecule has 1 saturated heterocycles. The molecule has 6 nitrogen and oxygen atoms in total. The average molecular weight is 238 g/mol. The molecule has 1 aromatic heterocycles. The van der Waals surface area contributed by atoms with Crippen LogP contribution in [0.2, 0.25) is 0 Å². The predicted octanol–water partition coefficient (Wildman–Crippen LogP) is -0.319. The van der Waals surface area contributed by atoms with Crippen molar-refractivity contribution >= 4 is 0 Å². The van der Waals surface area contributed by atoms with E-state index in [1.807, 2.05) is 0 Å². The van der Waals surface area contributed by atoms with Crippen LogP contribution in [0.25, 0.3) is 0 Å². The minimum absolute atomic E-state index is 0.160. The molecule has 1 fully saturated rings. The van der Waals surface area contributed by atoms with Crippen LogP contribution in [0.1, 0.15) is 18.2 Å². The highest BCUT2D eigenvalue weighted by Crippen LogP contribution is 2.30. The van der Waals surface area contributed by atoms with Crippen molar-refractivity contribution in [1.82, 2.24) is 9.55 Å². The molecule has 6 heteroatoms. The Kier molecular flexibility index (Phi) is 2.99. The van der Waals surface area contributed by atoms with Crippen LogP contribution in [0.15, 0.2) is 27.9 Å². The summed E-state index contributed by atoms with van der Waals surface area (Å²) in [4.78, 5) is 25.1. The second-order valence-electron chi connectivity index (χ2n) is 4.10. The van der Waals surface area contributed by atoms with E-state index in [2.05, 4.69) is 11.6 Å². The molecule has 0 amide bonds. The number of H-pyrrole nitrogens is 1. The second kappa shape index (κ2) is 4.31. The van der Waals surface area contributed by atoms with Gasteiger partial charge in [0.05, 0.1) is 6.61 Å². The van der Waals surface area contributed by atoms with Crippen LogP contribution >= 0.6 is 0 Å². The van der Waals surface area contributed by atoms with Crippen LogP contribution in [0, 0.1) is 6.92 Å². The van der Waals surface area contributed by atoms with E-state index in [1.54, 1.807) is 6.92 Å². The summed E-state index contributed by atoms with van der Waals surface area (Å²) < 4.78 is 6.79. The Morgan fingerprint density at radius 2 is 2.35 bits per heavy atom. The van der Waals surface area contributed by atoms with E-state index < -0.39 is 23.6 Å². The third-order valence-electron chi connectivity index (χ3n) is 2.84. The zero-order valence-electron chi connectivity index (χ0n) is 9.47. The van der Waals surface area contributed by atoms with Gasteiger partial charge in [0, 0.05) is 18.2 Å². The van der Waals surface area contributed by atoms with Gasteiger partial charge in [0.1, 0.15) is 12.3 Å². The van der Waals surface area contributed by atoms with Gasteiger partial charge in [0.15, 0.2) is 0 Å². The van der Waals surface area contributed by atoms with Crippen molar-refractivity contribution in [3.8, 4) is 0 Å². The SMILES string of the molecule is C=C1C[C@@H](n2cc(C)c(=O)[nH]c2=O)O[C@@H]1CO. The number of aromatic nitrogens is 2. The first kappa shape index (κ1) is 11.8. The molecule has 1 aromatic rings. The predicted molar refractivity (Wildman–Crippen MR) is 60.8 cm³/mol. The van der Waals surface area contributed by atoms with Crippen molar-refractivity contribution < 1.29 is 9.84 Å². The number of aromatic amines is 1. The van der Waals surface area contributed by atoms with E-state index in [9.17, 15) is 9.59 Å². The zero-order valence-corrected chi connectivity index (χ0v) is 9.47. The van der Waals surface area contributed by atoms with Gasteiger partial charge in [0.25, 0.3) is 5.56 Å². The molecule has 0 aliphatic carbocycles. The summed E-state index contributed by atoms with van der Waals surface area (Å²) in [7, 11) is 0. The van der Waals surface area contributed by atoms with Crippen molar-refractivity contribution in [2.45, 2.75) is 25.7 Å². The quantitative estimate of drug-likeness (QED) is 0.692. The van der Waals surface area contributed by atoms with E-state index in [0.29, 0.717) is 12.0 Å². The number of nitrogens with one attached hydrogen (secondary N) is 1. The minimum atomic E-state index is -0.517. The Morgan fingerprint density at radius 3 is 2.94 bits per heavy atom. The van der Waals surface area contributed by atoms with Crippen LogP contribution in [-0.2, 0) is 4.74 Å². The Bertz CT molecular complexity index is 557. The standard InChI is InChI=1S/C11H14N2O4/c1-6-3-9(17-8(6)5-14)13-4-7(2)10(15)12-11(13)16/h4,8-9,14H,1,3,5H2,2H3,(H,12,15,16)/t8-,9+/m1/s1. The van der Waals surface area contributed by atoms with Gasteiger partial charge in [-0.2, -0.15) is 0 Å². The smallest absolute Gasteiger partial charge is 0.330 e. The molecule has 2 N–H and O–H groups in total. The van der Waals surface area contributed by atoms with Gasteiger partial charge in [-0.25, -0.2) is 4.79 Å². The fourth-order valence-corrected chi connectivity index (χ4v) is 1.83. The van der Waals surface area contributed by atoms with Gasteiger partial charge in [-0.05, 0) is 12.5 Å². The summed E-state index contributed by atoms with van der Waals surface area (Å²) in [6, 6.07) is 0. The lowest BCUT2D eigenvalue weighted by atomic mass is 10.1. The Labute approximate surface area is 97.2 Å². The summed E-state index contributed by atoms with van der Waals surface area (Å²) in [5, 5.41) is 9.04. The summed E-state index contributed by atoms with van der Waals surface area (Å²) in [5.41, 5.74) is 0.262. The summed E-state index contributed by atoms with van der Waals surface area (Å²) in [6.07, 6.45) is 0.956. The molecule has 0 aromatic carbocycles. The van der Waals surface area contributed by atoms with Gasteiger partial charge < -0.3 is 9.84 Å². The Hall–Kier alpha value is -1.66. The van der Waals surface area contributed by atoms with E-state index in [-0.39, 0.29) is 6.61 Å². The van der Waals surface area contributed by atoms with Crippen molar-refractivity contribution in [3.05, 3.63) is 44.8 Å². The zero-order chi connectivity index (χ0) is 12.6. The monoisotopic (exact) mass is 238 g/mol. The topological polar surface area (TPSA) is 84.3 Å². The number of hydrogen-bond donors (Lipinski definition) is 2. The van der Waals surface area contributed by atoms with Gasteiger partial charge in [-0.1, -0.05) is 6.58 Å². The highest BCUT2D eigenvalue weighted by Gasteiger charge is 2.30. The number of ether oxygens (including phenoxy) is 1. The molecular formula is C11H14N2O4. The van der Waals surface area contributed by atoms with Crippen LogP contribution in [0.4, 0.5) is 0 Å². The number of nitrogens with zero attached hydrogens (tertiary/aromatic N) is 1. The maximum Gasteiger partial charge on any atom is 0.330 e. The number of aryl methyl sites for hydroxylation is 1. The molecule has 0 spiro atoms. The lowest BCUT2D eigenvalue weighted by Gasteiger charge is -2.14. The highest BCUT2D eigenvalue weighted by molar-refractivity contribution is 5.10. The van der Waals surface area contributed by atoms with Crippen LogP contribution in [0.3, 0.4) is 0 Å². The first-order valence-electron chi connectivity index (χ1n) is 5.29. The molecule has 2 heterocycles. The number of rotatable bonds is 2. The molecule has 92 valence electrons. The normalized spacial score (nSPS) is 24.2. The average Bonchev–Trinajstić information content (AvgIpc) is 2.65. The molecule has 2 rings (SSSR count). The highest BCUT2D eigenvalue weighted by atomic mass is 16.5. The summed E-state index contributed by atoms with van der Waals surface area (Å²) in [6.45, 7) is 5.23. The fraction of sp³-hybridized carbons (Fsp3) is 0.455. The Morgan fingerprint density at radius 1 is 1.65 bits per heavy atom. The lowest BCUT2D eigenvalue weighted by Crippen LogP contribution is -2.33. The van der Waals surface area contributed by atoms with Crippen molar-refractivity contribution in [3.63, 3.8) is 0 Å². The summed E-state index contributed by atoms with van der Waals surface area (Å²) in [5.74, 6) is 0. The first-order valence-corrected chi connectivity index (χ1v) is 5.29. The number of aliphatic hydroxyl groups excluding tert-OH is 1. The maximum absolute atomic E-state index is 11.6. The minimum Gasteiger partial charge on any atom is -0.393 e. The molecule has 2 atom stereocenters. The Balaban J connectivity index is 2.37. The molecule has 0 saturated carbocycles. The third-order valence-corrected chi connectivity index (χ3v) is 2.84. The van der Waals surface area contributed by atoms with Gasteiger partial charge in [-0.3, -0.25) is 14.3 Å². The molecule has 1 aliphatic rings. The molecule has 0 radical (unpaired) electrons. The van der Waals surface area contributed by atoms with Crippen LogP contribution in [0.5, 0.6) is 0 Å². The van der Waals surface area contributed by atoms with Gasteiger partial charge in [-0.15, -0.1) is 0 Å². The molecular weight excluding hydrogens is 224 g/mol. The first-order chi connectivity index (χ1) is 8.02. The lowest BCUT2D eigenvalue weighted by molar-refractivity contribution is -0.0189. The van der Waals surface area contributed by atoms with E-state index >= 15 is 0 Å². The van der Waals surface area contributed by atoms with Crippen LogP contribution < -0.4 is 11.2 Å². The molecule has 0 bridgehead atoms. The van der Waals surface area contributed by atoms with Crippen molar-refractivity contribution in [2.24, 2.45) is 0 Å². The van der Waals surface area contributed by atoms with Crippen LogP contribution in [-0.4, -0.2) is 27.4 Å². The fourth-order valence-electron chi connectivity index (χ4n) is 1.83. The number of hydrogen-bond acceptors (Lipinski definition) is 4. The molecule has 1 aliphatic heterocycles. The van der Waals surface area contributed by atoms with Gasteiger partial charge in [0.2, 0.25) is 0 Å². The largest absolute Gasteiger partial charge is 0.393 e. The number of aliphatic hydroxyl groups is 1. The van der Waals surface area contributed by atoms with E-state index in [0.717, 1.165) is 5.57 Å².